The monoisotopic (exact) mass is 456 g/mol. The fourth-order valence-corrected chi connectivity index (χ4v) is 5.25. The van der Waals surface area contributed by atoms with Crippen molar-refractivity contribution in [2.45, 2.75) is 31.0 Å². The van der Waals surface area contributed by atoms with Crippen molar-refractivity contribution in [3.05, 3.63) is 40.1 Å². The van der Waals surface area contributed by atoms with E-state index in [2.05, 4.69) is 35.9 Å². The van der Waals surface area contributed by atoms with Crippen molar-refractivity contribution in [3.63, 3.8) is 0 Å². The summed E-state index contributed by atoms with van der Waals surface area (Å²) in [7, 11) is -3.73. The van der Waals surface area contributed by atoms with Crippen molar-refractivity contribution in [3.8, 4) is 0 Å². The van der Waals surface area contributed by atoms with E-state index in [1.807, 2.05) is 24.3 Å². The van der Waals surface area contributed by atoms with Crippen LogP contribution in [0.2, 0.25) is 0 Å². The zero-order valence-corrected chi connectivity index (χ0v) is 17.3. The number of fused-ring (bicyclic) bond motifs is 1. The molecule has 26 heavy (non-hydrogen) atoms. The Kier molecular flexibility index (Phi) is 5.47. The van der Waals surface area contributed by atoms with Crippen LogP contribution in [0.25, 0.3) is 10.9 Å². The van der Waals surface area contributed by atoms with Gasteiger partial charge >= 0.3 is 0 Å². The minimum Gasteiger partial charge on any atom is -0.357 e. The number of H-pyrrole nitrogens is 1. The zero-order chi connectivity index (χ0) is 18.9. The summed E-state index contributed by atoms with van der Waals surface area (Å²) in [6, 6.07) is 7.70. The fraction of sp³-hybridized carbons (Fsp3) is 0.250. The number of hydrogen-bond acceptors (Lipinski definition) is 5. The SMILES string of the molecule is CCC(=O)Nc1nc(C)c(S(=O)(=O)NCc2cc3cc(Br)ccc3[nH]2)s1. The average Bonchev–Trinajstić information content (AvgIpc) is 3.15. The van der Waals surface area contributed by atoms with E-state index in [0.717, 1.165) is 32.4 Å². The van der Waals surface area contributed by atoms with Crippen LogP contribution < -0.4 is 10.0 Å². The summed E-state index contributed by atoms with van der Waals surface area (Å²) in [5.74, 6) is -0.208. The van der Waals surface area contributed by atoms with Crippen molar-refractivity contribution in [2.24, 2.45) is 0 Å². The molecule has 2 aromatic heterocycles. The maximum atomic E-state index is 12.6. The summed E-state index contributed by atoms with van der Waals surface area (Å²) >= 11 is 4.36. The molecule has 0 bridgehead atoms. The van der Waals surface area contributed by atoms with Crippen molar-refractivity contribution < 1.29 is 13.2 Å². The molecule has 0 fully saturated rings. The summed E-state index contributed by atoms with van der Waals surface area (Å²) in [4.78, 5) is 18.8. The summed E-state index contributed by atoms with van der Waals surface area (Å²) < 4.78 is 28.8. The maximum absolute atomic E-state index is 12.6. The summed E-state index contributed by atoms with van der Waals surface area (Å²) in [6.45, 7) is 3.45. The van der Waals surface area contributed by atoms with Gasteiger partial charge in [0.05, 0.1) is 12.2 Å². The van der Waals surface area contributed by atoms with Gasteiger partial charge in [0.15, 0.2) is 9.34 Å². The lowest BCUT2D eigenvalue weighted by Gasteiger charge is -2.03. The number of aromatic nitrogens is 2. The number of thiazole rings is 1. The Morgan fingerprint density at radius 3 is 2.85 bits per heavy atom. The van der Waals surface area contributed by atoms with Gasteiger partial charge in [0.2, 0.25) is 5.91 Å². The van der Waals surface area contributed by atoms with Crippen LogP contribution in [0.15, 0.2) is 32.9 Å². The molecule has 0 spiro atoms. The van der Waals surface area contributed by atoms with E-state index in [0.29, 0.717) is 12.1 Å². The van der Waals surface area contributed by atoms with Gasteiger partial charge in [-0.1, -0.05) is 34.2 Å². The number of aromatic amines is 1. The van der Waals surface area contributed by atoms with E-state index in [1.165, 1.54) is 0 Å². The third kappa shape index (κ3) is 4.14. The summed E-state index contributed by atoms with van der Waals surface area (Å²) in [5, 5.41) is 3.86. The molecule has 0 saturated carbocycles. The second-order valence-corrected chi connectivity index (χ2v) is 9.52. The maximum Gasteiger partial charge on any atom is 0.252 e. The fourth-order valence-electron chi connectivity index (χ4n) is 2.39. The normalized spacial score (nSPS) is 11.8. The van der Waals surface area contributed by atoms with E-state index < -0.39 is 10.0 Å². The number of aryl methyl sites for hydroxylation is 1. The number of carbonyl (C=O) groups excluding carboxylic acids is 1. The van der Waals surface area contributed by atoms with Crippen LogP contribution in [0.1, 0.15) is 24.7 Å². The standard InChI is InChI=1S/C16H17BrN4O3S2/c1-3-14(22)21-16-19-9(2)15(25-16)26(23,24)18-8-12-7-10-6-11(17)4-5-13(10)20-12/h4-7,18,20H,3,8H2,1-2H3,(H,19,21,22). The Bertz CT molecular complexity index is 1070. The van der Waals surface area contributed by atoms with Gasteiger partial charge in [-0.3, -0.25) is 4.79 Å². The Hall–Kier alpha value is -1.75. The first-order valence-corrected chi connectivity index (χ1v) is 10.9. The molecule has 0 unspecified atom stereocenters. The smallest absolute Gasteiger partial charge is 0.252 e. The first-order chi connectivity index (χ1) is 12.3. The summed E-state index contributed by atoms with van der Waals surface area (Å²) in [6.07, 6.45) is 0.301. The van der Waals surface area contributed by atoms with Gasteiger partial charge in [0, 0.05) is 27.5 Å². The van der Waals surface area contributed by atoms with Crippen LogP contribution in [0.4, 0.5) is 5.13 Å². The number of rotatable bonds is 6. The van der Waals surface area contributed by atoms with Crippen molar-refractivity contribution in [2.75, 3.05) is 5.32 Å². The van der Waals surface area contributed by atoms with Crippen LogP contribution in [0.3, 0.4) is 0 Å². The molecule has 2 heterocycles. The molecule has 3 aromatic rings. The van der Waals surface area contributed by atoms with Gasteiger partial charge in [-0.05, 0) is 31.2 Å². The first kappa shape index (κ1) is 19.0. The number of hydrogen-bond donors (Lipinski definition) is 3. The predicted molar refractivity (Wildman–Crippen MR) is 106 cm³/mol. The molecule has 138 valence electrons. The topological polar surface area (TPSA) is 104 Å². The molecule has 1 aromatic carbocycles. The molecule has 3 N–H and O–H groups in total. The van der Waals surface area contributed by atoms with Crippen LogP contribution in [0, 0.1) is 6.92 Å². The molecule has 0 saturated heterocycles. The predicted octanol–water partition coefficient (Wildman–Crippen LogP) is 3.52. The first-order valence-electron chi connectivity index (χ1n) is 7.82. The lowest BCUT2D eigenvalue weighted by molar-refractivity contribution is -0.115. The number of sulfonamides is 1. The number of benzene rings is 1. The Balaban J connectivity index is 1.76. The average molecular weight is 457 g/mol. The molecule has 0 aliphatic carbocycles. The van der Waals surface area contributed by atoms with Crippen molar-refractivity contribution in [1.82, 2.24) is 14.7 Å². The number of amides is 1. The molecular weight excluding hydrogens is 440 g/mol. The van der Waals surface area contributed by atoms with Gasteiger partial charge in [-0.2, -0.15) is 0 Å². The van der Waals surface area contributed by atoms with E-state index in [-0.39, 0.29) is 21.8 Å². The number of nitrogens with zero attached hydrogens (tertiary/aromatic N) is 1. The highest BCUT2D eigenvalue weighted by molar-refractivity contribution is 9.10. The highest BCUT2D eigenvalue weighted by atomic mass is 79.9. The lowest BCUT2D eigenvalue weighted by atomic mass is 10.2. The highest BCUT2D eigenvalue weighted by Crippen LogP contribution is 2.27. The lowest BCUT2D eigenvalue weighted by Crippen LogP contribution is -2.23. The molecule has 10 heteroatoms. The largest absolute Gasteiger partial charge is 0.357 e. The second kappa shape index (κ2) is 7.47. The highest BCUT2D eigenvalue weighted by Gasteiger charge is 2.22. The Morgan fingerprint density at radius 2 is 2.12 bits per heavy atom. The van der Waals surface area contributed by atoms with E-state index >= 15 is 0 Å². The minimum absolute atomic E-state index is 0.0998. The number of halogens is 1. The van der Waals surface area contributed by atoms with Crippen molar-refractivity contribution >= 4 is 59.2 Å². The number of anilines is 1. The molecule has 3 rings (SSSR count). The number of carbonyl (C=O) groups is 1. The van der Waals surface area contributed by atoms with Crippen LogP contribution in [-0.4, -0.2) is 24.3 Å². The molecule has 1 amide bonds. The van der Waals surface area contributed by atoms with Gasteiger partial charge in [0.1, 0.15) is 0 Å². The zero-order valence-electron chi connectivity index (χ0n) is 14.1. The van der Waals surface area contributed by atoms with Gasteiger partial charge < -0.3 is 10.3 Å². The minimum atomic E-state index is -3.73. The van der Waals surface area contributed by atoms with Crippen molar-refractivity contribution in [1.29, 1.82) is 0 Å². The molecule has 7 nitrogen and oxygen atoms in total. The molecule has 0 aliphatic heterocycles. The van der Waals surface area contributed by atoms with Gasteiger partial charge in [-0.15, -0.1) is 0 Å². The van der Waals surface area contributed by atoms with E-state index in [9.17, 15) is 13.2 Å². The van der Waals surface area contributed by atoms with Crippen LogP contribution in [0.5, 0.6) is 0 Å². The van der Waals surface area contributed by atoms with Gasteiger partial charge in [-0.25, -0.2) is 18.1 Å². The van der Waals surface area contributed by atoms with Gasteiger partial charge in [0.25, 0.3) is 10.0 Å². The van der Waals surface area contributed by atoms with E-state index in [1.54, 1.807) is 13.8 Å². The third-order valence-electron chi connectivity index (χ3n) is 3.66. The Labute approximate surface area is 163 Å². The molecule has 0 atom stereocenters. The molecule has 0 radical (unpaired) electrons. The third-order valence-corrected chi connectivity index (χ3v) is 7.23. The quantitative estimate of drug-likeness (QED) is 0.527. The number of nitrogens with one attached hydrogen (secondary N) is 3. The molecule has 0 aliphatic rings. The Morgan fingerprint density at radius 1 is 1.35 bits per heavy atom. The van der Waals surface area contributed by atoms with Crippen LogP contribution >= 0.6 is 27.3 Å². The van der Waals surface area contributed by atoms with E-state index in [4.69, 9.17) is 0 Å². The second-order valence-electron chi connectivity index (χ2n) is 5.64. The van der Waals surface area contributed by atoms with Crippen LogP contribution in [-0.2, 0) is 21.4 Å². The summed E-state index contributed by atoms with van der Waals surface area (Å²) in [5.41, 5.74) is 2.04. The molecular formula is C16H17BrN4O3S2.